The van der Waals surface area contributed by atoms with Crippen LogP contribution in [-0.4, -0.2) is 128 Å². The van der Waals surface area contributed by atoms with Crippen molar-refractivity contribution in [3.8, 4) is 5.75 Å². The molecule has 0 bridgehead atoms. The minimum absolute atomic E-state index is 0.160. The highest BCUT2D eigenvalue weighted by atomic mass is 79.9. The molecule has 0 spiro atoms. The molecule has 66 heavy (non-hydrogen) atoms. The summed E-state index contributed by atoms with van der Waals surface area (Å²) in [4.78, 5) is 50.6. The van der Waals surface area contributed by atoms with E-state index in [0.717, 1.165) is 63.1 Å². The maximum absolute atomic E-state index is 15.7. The van der Waals surface area contributed by atoms with Gasteiger partial charge in [-0.1, -0.05) is 0 Å². The number of nitrogens with one attached hydrogen (secondary N) is 3. The van der Waals surface area contributed by atoms with Crippen LogP contribution in [0.1, 0.15) is 24.8 Å². The van der Waals surface area contributed by atoms with Gasteiger partial charge in [0.2, 0.25) is 21.9 Å². The van der Waals surface area contributed by atoms with E-state index in [4.69, 9.17) is 9.72 Å². The summed E-state index contributed by atoms with van der Waals surface area (Å²) in [6.07, 6.45) is 8.04. The number of fused-ring (bicyclic) bond motifs is 2. The number of ether oxygens (including phenoxy) is 1. The largest absolute Gasteiger partial charge is 0.494 e. The van der Waals surface area contributed by atoms with Crippen molar-refractivity contribution in [1.82, 2.24) is 39.9 Å². The summed E-state index contributed by atoms with van der Waals surface area (Å²) in [7, 11) is 1.23. The highest BCUT2D eigenvalue weighted by Crippen LogP contribution is 2.39. The van der Waals surface area contributed by atoms with E-state index in [2.05, 4.69) is 73.6 Å². The van der Waals surface area contributed by atoms with Crippen LogP contribution in [0.25, 0.3) is 21.9 Å². The molecule has 0 unspecified atom stereocenters. The predicted octanol–water partition coefficient (Wildman–Crippen LogP) is 5.89. The number of hydrogen-bond donors (Lipinski definition) is 3. The molecular weight excluding hydrogens is 936 g/mol. The Morgan fingerprint density at radius 3 is 2.41 bits per heavy atom. The first-order chi connectivity index (χ1) is 31.6. The van der Waals surface area contributed by atoms with E-state index in [1.165, 1.54) is 28.5 Å². The van der Waals surface area contributed by atoms with Gasteiger partial charge in [0.15, 0.2) is 5.82 Å². The van der Waals surface area contributed by atoms with E-state index in [0.29, 0.717) is 91.5 Å². The Morgan fingerprint density at radius 2 is 1.68 bits per heavy atom. The molecule has 3 saturated heterocycles. The molecule has 3 aliphatic rings. The zero-order chi connectivity index (χ0) is 46.4. The number of nitrogens with zero attached hydrogens (tertiary/aromatic N) is 11. The van der Waals surface area contributed by atoms with Gasteiger partial charge >= 0.3 is 6.03 Å². The van der Waals surface area contributed by atoms with Crippen molar-refractivity contribution in [2.75, 3.05) is 102 Å². The number of piperazine rings is 1. The molecule has 6 heterocycles. The lowest BCUT2D eigenvalue weighted by atomic mass is 9.95. The van der Waals surface area contributed by atoms with Crippen LogP contribution in [0.2, 0.25) is 0 Å². The van der Waals surface area contributed by atoms with Gasteiger partial charge in [0.05, 0.1) is 45.9 Å². The number of urea groups is 1. The summed E-state index contributed by atoms with van der Waals surface area (Å²) in [6, 6.07) is 10.3. The second kappa shape index (κ2) is 18.1. The fourth-order valence-corrected chi connectivity index (χ4v) is 9.81. The predicted molar refractivity (Wildman–Crippen MR) is 257 cm³/mol. The third-order valence-corrected chi connectivity index (χ3v) is 14.3. The van der Waals surface area contributed by atoms with Crippen LogP contribution in [0.15, 0.2) is 59.5 Å². The number of halogens is 2. The van der Waals surface area contributed by atoms with Gasteiger partial charge in [-0.25, -0.2) is 22.6 Å². The van der Waals surface area contributed by atoms with Crippen molar-refractivity contribution < 1.29 is 27.1 Å². The van der Waals surface area contributed by atoms with Crippen LogP contribution in [-0.2, 0) is 21.9 Å². The number of rotatable bonds is 12. The third-order valence-electron chi connectivity index (χ3n) is 12.6. The van der Waals surface area contributed by atoms with Gasteiger partial charge in [-0.3, -0.25) is 38.9 Å². The van der Waals surface area contributed by atoms with Crippen molar-refractivity contribution in [3.63, 3.8) is 0 Å². The van der Waals surface area contributed by atoms with Gasteiger partial charge in [-0.15, -0.1) is 0 Å². The summed E-state index contributed by atoms with van der Waals surface area (Å²) >= 11 is 3.54. The summed E-state index contributed by atoms with van der Waals surface area (Å²) in [5, 5.41) is 14.0. The number of amides is 3. The maximum Gasteiger partial charge on any atom is 0.329 e. The SMILES string of the molecule is COc1cc(N2CCC(CN3CCN(c4cc5c(cc4F)c(N4CCC(=O)NC4=O)nn5C)CC3)CC2)c(C)cc1Nc1ncc(Br)c(Nc2ccc3nccnc3c2N(C)S(C)(=O)=O)n1. The molecule has 0 radical (unpaired) electrons. The van der Waals surface area contributed by atoms with Gasteiger partial charge in [0.1, 0.15) is 28.6 Å². The van der Waals surface area contributed by atoms with Gasteiger partial charge < -0.3 is 25.2 Å². The zero-order valence-corrected chi connectivity index (χ0v) is 39.6. The van der Waals surface area contributed by atoms with Crippen molar-refractivity contribution in [2.24, 2.45) is 13.0 Å². The fraction of sp³-hybridized carbons (Fsp3) is 0.386. The number of hydrogen-bond acceptors (Lipinski definition) is 15. The molecule has 0 aliphatic carbocycles. The number of carbonyl (C=O) groups excluding carboxylic acids is 2. The molecular formula is C44H50BrFN14O5S. The lowest BCUT2D eigenvalue weighted by molar-refractivity contribution is -0.120. The quantitative estimate of drug-likeness (QED) is 0.131. The van der Waals surface area contributed by atoms with Crippen LogP contribution < -0.4 is 39.7 Å². The average Bonchev–Trinajstić information content (AvgIpc) is 3.61. The number of piperidine rings is 1. The number of aromatic nitrogens is 6. The Bertz CT molecular complexity index is 2980. The average molecular weight is 986 g/mol. The highest BCUT2D eigenvalue weighted by molar-refractivity contribution is 9.10. The number of benzene rings is 3. The zero-order valence-electron chi connectivity index (χ0n) is 37.2. The van der Waals surface area contributed by atoms with Gasteiger partial charge in [0.25, 0.3) is 0 Å². The van der Waals surface area contributed by atoms with Gasteiger partial charge in [-0.2, -0.15) is 10.1 Å². The molecule has 3 fully saturated rings. The van der Waals surface area contributed by atoms with Crippen LogP contribution >= 0.6 is 15.9 Å². The topological polar surface area (TPSA) is 199 Å². The minimum atomic E-state index is -3.65. The van der Waals surface area contributed by atoms with Crippen LogP contribution in [0.3, 0.4) is 0 Å². The Balaban J connectivity index is 0.818. The number of methoxy groups -OCH3 is 1. The molecule has 0 saturated carbocycles. The number of anilines is 8. The second-order valence-electron chi connectivity index (χ2n) is 16.8. The van der Waals surface area contributed by atoms with E-state index in [9.17, 15) is 18.0 Å². The molecule has 3 aliphatic heterocycles. The number of imide groups is 1. The first-order valence-corrected chi connectivity index (χ1v) is 24.2. The lowest BCUT2D eigenvalue weighted by Gasteiger charge is -2.40. The second-order valence-corrected chi connectivity index (χ2v) is 19.7. The third kappa shape index (κ3) is 8.95. The molecule has 3 aromatic carbocycles. The van der Waals surface area contributed by atoms with Gasteiger partial charge in [-0.05, 0) is 77.5 Å². The normalized spacial score (nSPS) is 16.6. The highest BCUT2D eigenvalue weighted by Gasteiger charge is 2.31. The van der Waals surface area contributed by atoms with E-state index in [1.807, 2.05) is 18.2 Å². The van der Waals surface area contributed by atoms with E-state index in [-0.39, 0.29) is 24.7 Å². The maximum atomic E-state index is 15.7. The number of sulfonamides is 1. The lowest BCUT2D eigenvalue weighted by Crippen LogP contribution is -2.49. The van der Waals surface area contributed by atoms with Crippen LogP contribution in [0.5, 0.6) is 5.75 Å². The van der Waals surface area contributed by atoms with Crippen molar-refractivity contribution in [2.45, 2.75) is 26.2 Å². The first kappa shape index (κ1) is 44.8. The Morgan fingerprint density at radius 1 is 0.939 bits per heavy atom. The van der Waals surface area contributed by atoms with Crippen LogP contribution in [0.4, 0.5) is 55.2 Å². The summed E-state index contributed by atoms with van der Waals surface area (Å²) in [5.41, 5.74) is 5.83. The first-order valence-electron chi connectivity index (χ1n) is 21.6. The molecule has 19 nitrogen and oxygen atoms in total. The number of carbonyl (C=O) groups is 2. The molecule has 22 heteroatoms. The van der Waals surface area contributed by atoms with Gasteiger partial charge in [0, 0.05) is 109 Å². The Labute approximate surface area is 389 Å². The minimum Gasteiger partial charge on any atom is -0.494 e. The smallest absolute Gasteiger partial charge is 0.329 e. The summed E-state index contributed by atoms with van der Waals surface area (Å²) < 4.78 is 50.4. The molecule has 346 valence electrons. The molecule has 3 aromatic heterocycles. The van der Waals surface area contributed by atoms with Crippen molar-refractivity contribution >= 4 is 106 Å². The molecule has 0 atom stereocenters. The molecule has 6 aromatic rings. The summed E-state index contributed by atoms with van der Waals surface area (Å²) in [5.74, 6) is 1.50. The van der Waals surface area contributed by atoms with Crippen molar-refractivity contribution in [1.29, 1.82) is 0 Å². The Hall–Kier alpha value is -6.39. The molecule has 3 N–H and O–H groups in total. The summed E-state index contributed by atoms with van der Waals surface area (Å²) in [6.45, 7) is 8.07. The van der Waals surface area contributed by atoms with E-state index >= 15 is 4.39 Å². The molecule has 3 amide bonds. The van der Waals surface area contributed by atoms with Crippen LogP contribution in [0, 0.1) is 18.7 Å². The standard InChI is InChI=1S/C44H50BrFN14O5S/c1-26-20-33(51-43-49-24-29(45)41(53-43)50-32-7-6-31-39(48-12-11-47-31)40(32)56(3)66(5,63)64)37(65-4)23-34(26)58-13-8-27(9-14-58)25-57-16-18-59(19-17-57)36-22-35-28(21-30(36)46)42(54-55(35)2)60-15-10-38(61)52-44(60)62/h6-7,11-12,20-24,27H,8-10,13-19,25H2,1-5H3,(H,52,61,62)(H2,49,50,51,53). The fourth-order valence-electron chi connectivity index (χ4n) is 9.00. The number of aryl methyl sites for hydroxylation is 2. The monoisotopic (exact) mass is 984 g/mol. The van der Waals surface area contributed by atoms with E-state index < -0.39 is 16.1 Å². The molecule has 9 rings (SSSR count). The Kier molecular flexibility index (Phi) is 12.3. The van der Waals surface area contributed by atoms with Crippen molar-refractivity contribution in [3.05, 3.63) is 70.8 Å². The van der Waals surface area contributed by atoms with E-state index in [1.54, 1.807) is 43.4 Å².